The molecule has 0 atom stereocenters. The van der Waals surface area contributed by atoms with Crippen molar-refractivity contribution in [3.05, 3.63) is 53.8 Å². The van der Waals surface area contributed by atoms with E-state index in [1.807, 2.05) is 25.5 Å². The standard InChI is InChI=1S/C17H13Br2NO2/c1-6-12-13(7(2)20(6)3)17(22)15-9(16(12)21)4-8-10(18)5-11(19)14(8)15/h4-5H2,1-3H3. The first-order valence-corrected chi connectivity index (χ1v) is 8.68. The van der Waals surface area contributed by atoms with Crippen LogP contribution in [0.15, 0.2) is 31.3 Å². The van der Waals surface area contributed by atoms with Gasteiger partial charge in [0.25, 0.3) is 0 Å². The summed E-state index contributed by atoms with van der Waals surface area (Å²) in [5.41, 5.74) is 6.21. The Hall–Kier alpha value is -1.20. The van der Waals surface area contributed by atoms with Gasteiger partial charge in [-0.15, -0.1) is 0 Å². The maximum atomic E-state index is 13.1. The molecule has 3 aliphatic carbocycles. The van der Waals surface area contributed by atoms with Crippen molar-refractivity contribution in [2.45, 2.75) is 26.7 Å². The van der Waals surface area contributed by atoms with E-state index < -0.39 is 0 Å². The monoisotopic (exact) mass is 421 g/mol. The number of nitrogens with zero attached hydrogens (tertiary/aromatic N) is 1. The molecule has 3 nitrogen and oxygen atoms in total. The summed E-state index contributed by atoms with van der Waals surface area (Å²) >= 11 is 7.16. The van der Waals surface area contributed by atoms with Gasteiger partial charge in [0.05, 0.1) is 11.1 Å². The Bertz CT molecular complexity index is 910. The minimum atomic E-state index is -0.00468. The molecule has 3 aliphatic rings. The topological polar surface area (TPSA) is 39.1 Å². The van der Waals surface area contributed by atoms with Crippen molar-refractivity contribution >= 4 is 43.4 Å². The molecule has 0 saturated carbocycles. The number of Topliss-reactive ketones (excluding diaryl/α,β-unsaturated/α-hetero) is 2. The fraction of sp³-hybridized carbons (Fsp3) is 0.294. The van der Waals surface area contributed by atoms with E-state index in [2.05, 4.69) is 31.9 Å². The van der Waals surface area contributed by atoms with Crippen LogP contribution in [0, 0.1) is 13.8 Å². The zero-order chi connectivity index (χ0) is 15.9. The van der Waals surface area contributed by atoms with Crippen molar-refractivity contribution in [2.75, 3.05) is 0 Å². The normalized spacial score (nSPS) is 20.2. The van der Waals surface area contributed by atoms with E-state index in [0.29, 0.717) is 28.7 Å². The second-order valence-corrected chi connectivity index (χ2v) is 7.92. The highest BCUT2D eigenvalue weighted by molar-refractivity contribution is 9.12. The predicted molar refractivity (Wildman–Crippen MR) is 91.7 cm³/mol. The molecule has 0 saturated heterocycles. The van der Waals surface area contributed by atoms with Crippen molar-refractivity contribution in [1.82, 2.24) is 4.57 Å². The summed E-state index contributed by atoms with van der Waals surface area (Å²) in [4.78, 5) is 26.1. The van der Waals surface area contributed by atoms with E-state index in [9.17, 15) is 9.59 Å². The van der Waals surface area contributed by atoms with Crippen molar-refractivity contribution in [3.63, 3.8) is 0 Å². The molecule has 5 heteroatoms. The molecule has 0 amide bonds. The average molecular weight is 423 g/mol. The van der Waals surface area contributed by atoms with E-state index in [1.54, 1.807) is 0 Å². The van der Waals surface area contributed by atoms with E-state index in [1.165, 1.54) is 0 Å². The van der Waals surface area contributed by atoms with E-state index in [0.717, 1.165) is 37.9 Å². The molecule has 4 rings (SSSR count). The number of fused-ring (bicyclic) bond motifs is 3. The Labute approximate surface area is 145 Å². The molecule has 0 bridgehead atoms. The molecule has 0 N–H and O–H groups in total. The Balaban J connectivity index is 2.03. The average Bonchev–Trinajstić information content (AvgIpc) is 3.06. The second-order valence-electron chi connectivity index (χ2n) is 6.01. The lowest BCUT2D eigenvalue weighted by atomic mass is 9.84. The molecule has 0 spiro atoms. The van der Waals surface area contributed by atoms with Crippen LogP contribution in [0.1, 0.15) is 44.9 Å². The molecule has 0 aromatic carbocycles. The van der Waals surface area contributed by atoms with E-state index in [-0.39, 0.29) is 11.6 Å². The molecule has 1 aromatic heterocycles. The molecule has 1 aromatic rings. The molecule has 0 radical (unpaired) electrons. The van der Waals surface area contributed by atoms with Crippen molar-refractivity contribution in [2.24, 2.45) is 7.05 Å². The van der Waals surface area contributed by atoms with Crippen LogP contribution in [0.4, 0.5) is 0 Å². The van der Waals surface area contributed by atoms with Gasteiger partial charge in [-0.1, -0.05) is 31.9 Å². The number of aromatic nitrogens is 1. The predicted octanol–water partition coefficient (Wildman–Crippen LogP) is 4.42. The van der Waals surface area contributed by atoms with Crippen LogP contribution < -0.4 is 0 Å². The van der Waals surface area contributed by atoms with Gasteiger partial charge in [0.1, 0.15) is 0 Å². The van der Waals surface area contributed by atoms with Gasteiger partial charge in [-0.2, -0.15) is 0 Å². The lowest BCUT2D eigenvalue weighted by Gasteiger charge is -2.15. The number of ketones is 2. The zero-order valence-corrected chi connectivity index (χ0v) is 15.6. The summed E-state index contributed by atoms with van der Waals surface area (Å²) in [6, 6.07) is 0. The molecular formula is C17H13Br2NO2. The lowest BCUT2D eigenvalue weighted by Crippen LogP contribution is -2.20. The Morgan fingerprint density at radius 3 is 2.05 bits per heavy atom. The van der Waals surface area contributed by atoms with Crippen LogP contribution in [0.3, 0.4) is 0 Å². The van der Waals surface area contributed by atoms with Gasteiger partial charge in [0.2, 0.25) is 0 Å². The van der Waals surface area contributed by atoms with Gasteiger partial charge < -0.3 is 4.57 Å². The lowest BCUT2D eigenvalue weighted by molar-refractivity contribution is 0.0977. The Kier molecular flexibility index (Phi) is 2.89. The third-order valence-corrected chi connectivity index (χ3v) is 6.49. The van der Waals surface area contributed by atoms with Crippen LogP contribution >= 0.6 is 31.9 Å². The summed E-state index contributed by atoms with van der Waals surface area (Å²) in [6.07, 6.45) is 1.32. The fourth-order valence-corrected chi connectivity index (χ4v) is 5.46. The van der Waals surface area contributed by atoms with Gasteiger partial charge in [0, 0.05) is 57.0 Å². The third kappa shape index (κ3) is 1.51. The highest BCUT2D eigenvalue weighted by Gasteiger charge is 2.45. The first kappa shape index (κ1) is 14.4. The van der Waals surface area contributed by atoms with Crippen LogP contribution in [-0.4, -0.2) is 16.1 Å². The molecule has 1 heterocycles. The number of rotatable bonds is 0. The van der Waals surface area contributed by atoms with Gasteiger partial charge in [0.15, 0.2) is 11.6 Å². The number of allylic oxidation sites excluding steroid dienone is 6. The number of hydrogen-bond acceptors (Lipinski definition) is 2. The van der Waals surface area contributed by atoms with Gasteiger partial charge in [-0.05, 0) is 19.4 Å². The van der Waals surface area contributed by atoms with E-state index in [4.69, 9.17) is 0 Å². The van der Waals surface area contributed by atoms with Gasteiger partial charge in [-0.25, -0.2) is 0 Å². The number of carbonyl (C=O) groups excluding carboxylic acids is 2. The summed E-state index contributed by atoms with van der Waals surface area (Å²) in [5, 5.41) is 0. The summed E-state index contributed by atoms with van der Waals surface area (Å²) < 4.78 is 4.00. The number of carbonyl (C=O) groups is 2. The smallest absolute Gasteiger partial charge is 0.196 e. The van der Waals surface area contributed by atoms with Crippen molar-refractivity contribution < 1.29 is 9.59 Å². The largest absolute Gasteiger partial charge is 0.351 e. The fourth-order valence-electron chi connectivity index (χ4n) is 3.74. The summed E-state index contributed by atoms with van der Waals surface area (Å²) in [5.74, 6) is 0.00995. The summed E-state index contributed by atoms with van der Waals surface area (Å²) in [6.45, 7) is 3.81. The second kappa shape index (κ2) is 4.42. The number of hydrogen-bond donors (Lipinski definition) is 0. The summed E-state index contributed by atoms with van der Waals surface area (Å²) in [7, 11) is 1.90. The van der Waals surface area contributed by atoms with Gasteiger partial charge in [-0.3, -0.25) is 9.59 Å². The Morgan fingerprint density at radius 2 is 1.41 bits per heavy atom. The molecule has 112 valence electrons. The zero-order valence-electron chi connectivity index (χ0n) is 12.4. The van der Waals surface area contributed by atoms with E-state index >= 15 is 0 Å². The van der Waals surface area contributed by atoms with Crippen LogP contribution in [0.2, 0.25) is 0 Å². The quantitative estimate of drug-likeness (QED) is 0.620. The molecule has 22 heavy (non-hydrogen) atoms. The van der Waals surface area contributed by atoms with Crippen molar-refractivity contribution in [3.8, 4) is 0 Å². The minimum Gasteiger partial charge on any atom is -0.351 e. The highest BCUT2D eigenvalue weighted by atomic mass is 79.9. The molecule has 0 unspecified atom stereocenters. The molecular weight excluding hydrogens is 410 g/mol. The van der Waals surface area contributed by atoms with Crippen molar-refractivity contribution in [1.29, 1.82) is 0 Å². The first-order valence-electron chi connectivity index (χ1n) is 7.09. The van der Waals surface area contributed by atoms with Crippen LogP contribution in [0.25, 0.3) is 0 Å². The maximum Gasteiger partial charge on any atom is 0.196 e. The van der Waals surface area contributed by atoms with Gasteiger partial charge >= 0.3 is 0 Å². The maximum absolute atomic E-state index is 13.1. The first-order chi connectivity index (χ1) is 10.3. The third-order valence-electron chi connectivity index (χ3n) is 5.05. The minimum absolute atomic E-state index is 0.00468. The SMILES string of the molecule is Cc1c2c(c(C)n1C)C(=O)C1=C(CC3=C(Br)CC(Br)=C31)C2=O. The Morgan fingerprint density at radius 1 is 0.818 bits per heavy atom. The molecule has 0 fully saturated rings. The molecule has 0 aliphatic heterocycles. The van der Waals surface area contributed by atoms with Crippen LogP contribution in [-0.2, 0) is 7.05 Å². The highest BCUT2D eigenvalue weighted by Crippen LogP contribution is 2.53. The number of halogens is 2. The van der Waals surface area contributed by atoms with Crippen LogP contribution in [0.5, 0.6) is 0 Å².